The molecular formula is C26H25N3O6. The second-order valence-electron chi connectivity index (χ2n) is 7.94. The first-order valence-electron chi connectivity index (χ1n) is 10.9. The van der Waals surface area contributed by atoms with Crippen LogP contribution < -0.4 is 15.0 Å². The maximum atomic E-state index is 13.2. The van der Waals surface area contributed by atoms with Crippen LogP contribution in [0, 0.1) is 6.92 Å². The van der Waals surface area contributed by atoms with Gasteiger partial charge >= 0.3 is 18.0 Å². The van der Waals surface area contributed by atoms with Crippen LogP contribution in [0.15, 0.2) is 72.8 Å². The Bertz CT molecular complexity index is 1230. The molecule has 0 aliphatic carbocycles. The monoisotopic (exact) mass is 475 g/mol. The first-order valence-corrected chi connectivity index (χ1v) is 10.9. The molecule has 0 bridgehead atoms. The van der Waals surface area contributed by atoms with Gasteiger partial charge in [-0.05, 0) is 42.8 Å². The highest BCUT2D eigenvalue weighted by atomic mass is 16.5. The molecule has 4 rings (SSSR count). The average Bonchev–Trinajstić information content (AvgIpc) is 2.87. The molecule has 0 aromatic heterocycles. The van der Waals surface area contributed by atoms with Gasteiger partial charge in [-0.3, -0.25) is 10.2 Å². The number of hydrogen-bond donors (Lipinski definition) is 1. The molecule has 9 nitrogen and oxygen atoms in total. The number of urea groups is 2. The molecule has 3 aromatic carbocycles. The summed E-state index contributed by atoms with van der Waals surface area (Å²) in [6.07, 6.45) is -1.01. The standard InChI is InChI=1S/C26H25N3O6/c1-17-9-12-20(13-10-17)35-22-14-11-19(29-25(32)27-24(31)28(2)26(29)33-3)15-21(22)23(30)34-16-18-7-5-4-6-8-18/h4-15,26H,16H2,1-3H3,(H,27,31,32). The highest BCUT2D eigenvalue weighted by Gasteiger charge is 2.38. The number of rotatable bonds is 7. The molecule has 0 spiro atoms. The SMILES string of the molecule is COC1N(C)C(=O)NC(=O)N1c1ccc(Oc2ccc(C)cc2)c(C(=O)OCc2ccccc2)c1. The zero-order valence-corrected chi connectivity index (χ0v) is 19.6. The Labute approximate surface area is 202 Å². The number of esters is 1. The van der Waals surface area contributed by atoms with E-state index < -0.39 is 24.4 Å². The topological polar surface area (TPSA) is 97.4 Å². The molecule has 1 N–H and O–H groups in total. The summed E-state index contributed by atoms with van der Waals surface area (Å²) in [6.45, 7) is 2.03. The van der Waals surface area contributed by atoms with E-state index in [0.717, 1.165) is 11.1 Å². The number of hydrogen-bond acceptors (Lipinski definition) is 6. The fraction of sp³-hybridized carbons (Fsp3) is 0.192. The van der Waals surface area contributed by atoms with Gasteiger partial charge in [0.25, 0.3) is 0 Å². The molecule has 1 atom stereocenters. The number of benzene rings is 3. The number of carbonyl (C=O) groups excluding carboxylic acids is 3. The molecule has 1 heterocycles. The lowest BCUT2D eigenvalue weighted by atomic mass is 10.1. The number of imide groups is 1. The van der Waals surface area contributed by atoms with Gasteiger partial charge in [0, 0.05) is 14.2 Å². The predicted octanol–water partition coefficient (Wildman–Crippen LogP) is 4.66. The molecule has 1 aliphatic rings. The number of methoxy groups -OCH3 is 1. The predicted molar refractivity (Wildman–Crippen MR) is 128 cm³/mol. The van der Waals surface area contributed by atoms with Gasteiger partial charge in [-0.25, -0.2) is 19.3 Å². The summed E-state index contributed by atoms with van der Waals surface area (Å²) in [5.41, 5.74) is 2.32. The van der Waals surface area contributed by atoms with E-state index in [1.54, 1.807) is 24.3 Å². The normalized spacial score (nSPS) is 15.6. The maximum absolute atomic E-state index is 13.2. The summed E-state index contributed by atoms with van der Waals surface area (Å²) in [5, 5.41) is 2.24. The molecule has 0 radical (unpaired) electrons. The number of nitrogens with one attached hydrogen (secondary N) is 1. The second-order valence-corrected chi connectivity index (χ2v) is 7.94. The molecule has 35 heavy (non-hydrogen) atoms. The third kappa shape index (κ3) is 5.25. The molecule has 3 aromatic rings. The summed E-state index contributed by atoms with van der Waals surface area (Å²) < 4.78 is 16.9. The van der Waals surface area contributed by atoms with Gasteiger partial charge in [0.05, 0.1) is 5.69 Å². The van der Waals surface area contributed by atoms with Crippen molar-refractivity contribution < 1.29 is 28.6 Å². The Hall–Kier alpha value is -4.37. The van der Waals surface area contributed by atoms with Crippen LogP contribution in [0.1, 0.15) is 21.5 Å². The maximum Gasteiger partial charge on any atom is 0.342 e. The molecule has 1 saturated heterocycles. The van der Waals surface area contributed by atoms with Crippen LogP contribution in [-0.2, 0) is 16.1 Å². The number of ether oxygens (including phenoxy) is 3. The smallest absolute Gasteiger partial charge is 0.342 e. The fourth-order valence-electron chi connectivity index (χ4n) is 3.57. The average molecular weight is 476 g/mol. The van der Waals surface area contributed by atoms with Crippen molar-refractivity contribution in [1.29, 1.82) is 0 Å². The van der Waals surface area contributed by atoms with Gasteiger partial charge in [-0.1, -0.05) is 48.0 Å². The molecule has 180 valence electrons. The number of carbonyl (C=O) groups is 3. The molecule has 1 fully saturated rings. The first-order chi connectivity index (χ1) is 16.9. The molecule has 4 amide bonds. The van der Waals surface area contributed by atoms with Gasteiger partial charge in [0.1, 0.15) is 23.7 Å². The van der Waals surface area contributed by atoms with Gasteiger partial charge in [0.15, 0.2) is 0 Å². The Morgan fingerprint density at radius 1 is 0.971 bits per heavy atom. The van der Waals surface area contributed by atoms with E-state index >= 15 is 0 Å². The van der Waals surface area contributed by atoms with E-state index in [1.165, 1.54) is 30.0 Å². The quantitative estimate of drug-likeness (QED) is 0.500. The summed E-state index contributed by atoms with van der Waals surface area (Å²) in [7, 11) is 2.87. The largest absolute Gasteiger partial charge is 0.457 e. The summed E-state index contributed by atoms with van der Waals surface area (Å²) >= 11 is 0. The van der Waals surface area contributed by atoms with E-state index in [0.29, 0.717) is 11.4 Å². The number of amides is 4. The van der Waals surface area contributed by atoms with Crippen LogP contribution >= 0.6 is 0 Å². The van der Waals surface area contributed by atoms with Crippen molar-refractivity contribution in [3.05, 3.63) is 89.5 Å². The molecule has 0 saturated carbocycles. The van der Waals surface area contributed by atoms with Crippen LogP contribution in [0.3, 0.4) is 0 Å². The van der Waals surface area contributed by atoms with Crippen LogP contribution in [0.5, 0.6) is 11.5 Å². The Balaban J connectivity index is 1.68. The van der Waals surface area contributed by atoms with Crippen molar-refractivity contribution in [2.45, 2.75) is 19.9 Å². The Kier molecular flexibility index (Phi) is 6.98. The Morgan fingerprint density at radius 2 is 1.69 bits per heavy atom. The van der Waals surface area contributed by atoms with Crippen LogP contribution in [0.2, 0.25) is 0 Å². The lowest BCUT2D eigenvalue weighted by molar-refractivity contribution is 0.00170. The van der Waals surface area contributed by atoms with E-state index in [1.807, 2.05) is 49.4 Å². The van der Waals surface area contributed by atoms with Gasteiger partial charge in [-0.2, -0.15) is 0 Å². The zero-order valence-electron chi connectivity index (χ0n) is 19.6. The third-order valence-electron chi connectivity index (χ3n) is 5.44. The minimum Gasteiger partial charge on any atom is -0.457 e. The van der Waals surface area contributed by atoms with Gasteiger partial charge in [-0.15, -0.1) is 0 Å². The van der Waals surface area contributed by atoms with Gasteiger partial charge < -0.3 is 14.2 Å². The van der Waals surface area contributed by atoms with Crippen molar-refractivity contribution in [2.75, 3.05) is 19.1 Å². The molecular weight excluding hydrogens is 450 g/mol. The molecule has 9 heteroatoms. The van der Waals surface area contributed by atoms with E-state index in [-0.39, 0.29) is 17.9 Å². The minimum atomic E-state index is -1.01. The summed E-state index contributed by atoms with van der Waals surface area (Å²) in [5.74, 6) is 0.163. The zero-order chi connectivity index (χ0) is 24.9. The molecule has 1 unspecified atom stereocenters. The Morgan fingerprint density at radius 3 is 2.37 bits per heavy atom. The van der Waals surface area contributed by atoms with Crippen molar-refractivity contribution >= 4 is 23.7 Å². The number of nitrogens with zero attached hydrogens (tertiary/aromatic N) is 2. The number of anilines is 1. The van der Waals surface area contributed by atoms with E-state index in [9.17, 15) is 14.4 Å². The molecule has 1 aliphatic heterocycles. The lowest BCUT2D eigenvalue weighted by Gasteiger charge is -2.40. The minimum absolute atomic E-state index is 0.0655. The first kappa shape index (κ1) is 23.8. The van der Waals surface area contributed by atoms with Crippen molar-refractivity contribution in [3.8, 4) is 11.5 Å². The summed E-state index contributed by atoms with van der Waals surface area (Å²) in [4.78, 5) is 40.3. The van der Waals surface area contributed by atoms with Crippen LogP contribution in [0.4, 0.5) is 15.3 Å². The third-order valence-corrected chi connectivity index (χ3v) is 5.44. The van der Waals surface area contributed by atoms with Gasteiger partial charge in [0.2, 0.25) is 6.35 Å². The second kappa shape index (κ2) is 10.3. The summed E-state index contributed by atoms with van der Waals surface area (Å²) in [6, 6.07) is 20.0. The highest BCUT2D eigenvalue weighted by Crippen LogP contribution is 2.32. The fourth-order valence-corrected chi connectivity index (χ4v) is 3.57. The van der Waals surface area contributed by atoms with E-state index in [2.05, 4.69) is 5.32 Å². The van der Waals surface area contributed by atoms with E-state index in [4.69, 9.17) is 14.2 Å². The number of aryl methyl sites for hydroxylation is 1. The lowest BCUT2D eigenvalue weighted by Crippen LogP contribution is -2.64. The highest BCUT2D eigenvalue weighted by molar-refractivity contribution is 6.06. The van der Waals surface area contributed by atoms with Crippen LogP contribution in [-0.4, -0.2) is 43.4 Å². The van der Waals surface area contributed by atoms with Crippen molar-refractivity contribution in [1.82, 2.24) is 10.2 Å². The van der Waals surface area contributed by atoms with Crippen molar-refractivity contribution in [3.63, 3.8) is 0 Å². The van der Waals surface area contributed by atoms with Crippen LogP contribution in [0.25, 0.3) is 0 Å². The van der Waals surface area contributed by atoms with Crippen molar-refractivity contribution in [2.24, 2.45) is 0 Å².